The summed E-state index contributed by atoms with van der Waals surface area (Å²) >= 11 is 1.15. The fourth-order valence-corrected chi connectivity index (χ4v) is 3.04. The summed E-state index contributed by atoms with van der Waals surface area (Å²) in [5, 5.41) is 11.2. The zero-order valence-corrected chi connectivity index (χ0v) is 15.8. The van der Waals surface area contributed by atoms with Gasteiger partial charge in [-0.1, -0.05) is 23.9 Å². The third-order valence-corrected chi connectivity index (χ3v) is 4.72. The van der Waals surface area contributed by atoms with Crippen molar-refractivity contribution in [1.29, 1.82) is 0 Å². The highest BCUT2D eigenvalue weighted by molar-refractivity contribution is 7.99. The molecule has 0 aliphatic carbocycles. The predicted molar refractivity (Wildman–Crippen MR) is 106 cm³/mol. The number of thioether (sulfide) groups is 1. The van der Waals surface area contributed by atoms with Crippen LogP contribution in [0, 0.1) is 0 Å². The second kappa shape index (κ2) is 8.44. The number of aromatic nitrogens is 3. The number of nitrogens with two attached hydrogens (primary N) is 2. The second-order valence-corrected chi connectivity index (χ2v) is 6.63. The maximum absolute atomic E-state index is 12.1. The molecule has 9 nitrogen and oxygen atoms in total. The van der Waals surface area contributed by atoms with Crippen LogP contribution in [0.15, 0.2) is 53.7 Å². The molecule has 10 heteroatoms. The number of carbonyl (C=O) groups is 2. The van der Waals surface area contributed by atoms with E-state index < -0.39 is 5.91 Å². The molecule has 0 atom stereocenters. The van der Waals surface area contributed by atoms with Crippen molar-refractivity contribution in [2.45, 2.75) is 5.16 Å². The molecule has 0 radical (unpaired) electrons. The van der Waals surface area contributed by atoms with E-state index >= 15 is 0 Å². The molecule has 2 amide bonds. The summed E-state index contributed by atoms with van der Waals surface area (Å²) in [7, 11) is 1.58. The lowest BCUT2D eigenvalue weighted by atomic mass is 10.2. The van der Waals surface area contributed by atoms with Crippen molar-refractivity contribution in [1.82, 2.24) is 14.9 Å². The molecule has 0 fully saturated rings. The van der Waals surface area contributed by atoms with Crippen LogP contribution in [-0.2, 0) is 4.79 Å². The van der Waals surface area contributed by atoms with E-state index in [0.717, 1.165) is 17.3 Å². The average molecular weight is 398 g/mol. The SMILES string of the molecule is COc1cccc(-c2nnc(SCC(=O)Nc3ccc(C(N)=O)cc3)n2N)c1. The average Bonchev–Trinajstić information content (AvgIpc) is 3.07. The summed E-state index contributed by atoms with van der Waals surface area (Å²) in [4.78, 5) is 23.2. The van der Waals surface area contributed by atoms with E-state index in [1.807, 2.05) is 18.2 Å². The Morgan fingerprint density at radius 1 is 1.18 bits per heavy atom. The molecular formula is C18H18N6O3S. The summed E-state index contributed by atoms with van der Waals surface area (Å²) in [5.41, 5.74) is 6.86. The molecule has 2 aromatic carbocycles. The van der Waals surface area contributed by atoms with E-state index in [1.165, 1.54) is 4.68 Å². The number of rotatable bonds is 7. The number of nitrogens with zero attached hydrogens (tertiary/aromatic N) is 3. The van der Waals surface area contributed by atoms with Gasteiger partial charge < -0.3 is 21.6 Å². The molecule has 3 aromatic rings. The van der Waals surface area contributed by atoms with Gasteiger partial charge in [0.25, 0.3) is 0 Å². The minimum absolute atomic E-state index is 0.0883. The van der Waals surface area contributed by atoms with Crippen molar-refractivity contribution in [2.24, 2.45) is 5.73 Å². The van der Waals surface area contributed by atoms with Crippen LogP contribution in [0.5, 0.6) is 5.75 Å². The van der Waals surface area contributed by atoms with Gasteiger partial charge in [0, 0.05) is 16.8 Å². The van der Waals surface area contributed by atoms with Crippen LogP contribution in [0.3, 0.4) is 0 Å². The number of hydrogen-bond acceptors (Lipinski definition) is 7. The lowest BCUT2D eigenvalue weighted by molar-refractivity contribution is -0.113. The number of hydrogen-bond donors (Lipinski definition) is 3. The van der Waals surface area contributed by atoms with Gasteiger partial charge in [0.05, 0.1) is 12.9 Å². The topological polar surface area (TPSA) is 138 Å². The first-order valence-electron chi connectivity index (χ1n) is 8.15. The van der Waals surface area contributed by atoms with Crippen molar-refractivity contribution < 1.29 is 14.3 Å². The molecule has 1 heterocycles. The number of anilines is 1. The zero-order chi connectivity index (χ0) is 20.1. The van der Waals surface area contributed by atoms with E-state index in [2.05, 4.69) is 15.5 Å². The Labute approximate surface area is 165 Å². The molecule has 0 aliphatic heterocycles. The Kier molecular flexibility index (Phi) is 5.80. The van der Waals surface area contributed by atoms with Gasteiger partial charge in [0.2, 0.25) is 17.0 Å². The fourth-order valence-electron chi connectivity index (χ4n) is 2.38. The van der Waals surface area contributed by atoms with Gasteiger partial charge in [0.1, 0.15) is 5.75 Å². The number of primary amides is 1. The molecule has 0 saturated carbocycles. The maximum Gasteiger partial charge on any atom is 0.248 e. The normalized spacial score (nSPS) is 10.5. The predicted octanol–water partition coefficient (Wildman–Crippen LogP) is 1.50. The third kappa shape index (κ3) is 4.41. The smallest absolute Gasteiger partial charge is 0.248 e. The molecule has 3 rings (SSSR count). The van der Waals surface area contributed by atoms with Crippen LogP contribution in [0.1, 0.15) is 10.4 Å². The number of nitrogens with one attached hydrogen (secondary N) is 1. The molecule has 144 valence electrons. The van der Waals surface area contributed by atoms with Crippen LogP contribution in [-0.4, -0.2) is 39.6 Å². The monoisotopic (exact) mass is 398 g/mol. The highest BCUT2D eigenvalue weighted by atomic mass is 32.2. The molecule has 0 saturated heterocycles. The van der Waals surface area contributed by atoms with Gasteiger partial charge in [-0.25, -0.2) is 4.68 Å². The summed E-state index contributed by atoms with van der Waals surface area (Å²) < 4.78 is 6.52. The highest BCUT2D eigenvalue weighted by Gasteiger charge is 2.14. The van der Waals surface area contributed by atoms with Gasteiger partial charge in [0.15, 0.2) is 5.82 Å². The van der Waals surface area contributed by atoms with Crippen molar-refractivity contribution in [3.8, 4) is 17.1 Å². The quantitative estimate of drug-likeness (QED) is 0.405. The van der Waals surface area contributed by atoms with Gasteiger partial charge >= 0.3 is 0 Å². The Balaban J connectivity index is 1.62. The van der Waals surface area contributed by atoms with Crippen LogP contribution in [0.25, 0.3) is 11.4 Å². The first-order chi connectivity index (χ1) is 13.5. The summed E-state index contributed by atoms with van der Waals surface area (Å²) in [6, 6.07) is 13.6. The van der Waals surface area contributed by atoms with E-state index in [0.29, 0.717) is 28.0 Å². The number of amides is 2. The largest absolute Gasteiger partial charge is 0.497 e. The fraction of sp³-hybridized carbons (Fsp3) is 0.111. The molecule has 28 heavy (non-hydrogen) atoms. The second-order valence-electron chi connectivity index (χ2n) is 5.69. The van der Waals surface area contributed by atoms with Gasteiger partial charge in [-0.05, 0) is 36.4 Å². The minimum Gasteiger partial charge on any atom is -0.497 e. The Morgan fingerprint density at radius 3 is 2.61 bits per heavy atom. The van der Waals surface area contributed by atoms with Crippen molar-refractivity contribution in [3.05, 3.63) is 54.1 Å². The number of ether oxygens (including phenoxy) is 1. The Bertz CT molecular complexity index is 1000. The van der Waals surface area contributed by atoms with E-state index in [4.69, 9.17) is 16.3 Å². The molecule has 1 aromatic heterocycles. The zero-order valence-electron chi connectivity index (χ0n) is 15.0. The first kappa shape index (κ1) is 19.2. The van der Waals surface area contributed by atoms with E-state index in [-0.39, 0.29) is 11.7 Å². The van der Waals surface area contributed by atoms with Crippen molar-refractivity contribution in [2.75, 3.05) is 24.0 Å². The Hall–Kier alpha value is -3.53. The lowest BCUT2D eigenvalue weighted by Crippen LogP contribution is -2.16. The standard InChI is InChI=1S/C18H18N6O3S/c1-27-14-4-2-3-12(9-14)17-22-23-18(24(17)20)28-10-15(25)21-13-7-5-11(6-8-13)16(19)26/h2-9H,10,20H2,1H3,(H2,19,26)(H,21,25). The van der Waals surface area contributed by atoms with Gasteiger partial charge in [-0.15, -0.1) is 10.2 Å². The molecule has 0 bridgehead atoms. The van der Waals surface area contributed by atoms with Crippen LogP contribution < -0.4 is 21.6 Å². The van der Waals surface area contributed by atoms with Crippen molar-refractivity contribution in [3.63, 3.8) is 0 Å². The molecule has 0 unspecified atom stereocenters. The molecular weight excluding hydrogens is 380 g/mol. The van der Waals surface area contributed by atoms with Gasteiger partial charge in [-0.2, -0.15) is 0 Å². The maximum atomic E-state index is 12.1. The summed E-state index contributed by atoms with van der Waals surface area (Å²) in [6.45, 7) is 0. The Morgan fingerprint density at radius 2 is 1.93 bits per heavy atom. The minimum atomic E-state index is -0.525. The molecule has 0 spiro atoms. The molecule has 5 N–H and O–H groups in total. The van der Waals surface area contributed by atoms with Crippen molar-refractivity contribution >= 4 is 29.3 Å². The van der Waals surface area contributed by atoms with Crippen LogP contribution in [0.4, 0.5) is 5.69 Å². The number of carbonyl (C=O) groups excluding carboxylic acids is 2. The third-order valence-electron chi connectivity index (χ3n) is 3.78. The van der Waals surface area contributed by atoms with Crippen LogP contribution in [0.2, 0.25) is 0 Å². The molecule has 0 aliphatic rings. The van der Waals surface area contributed by atoms with E-state index in [1.54, 1.807) is 37.4 Å². The van der Waals surface area contributed by atoms with Crippen LogP contribution >= 0.6 is 11.8 Å². The first-order valence-corrected chi connectivity index (χ1v) is 9.14. The number of benzene rings is 2. The van der Waals surface area contributed by atoms with Gasteiger partial charge in [-0.3, -0.25) is 9.59 Å². The highest BCUT2D eigenvalue weighted by Crippen LogP contribution is 2.24. The lowest BCUT2D eigenvalue weighted by Gasteiger charge is -2.06. The van der Waals surface area contributed by atoms with E-state index in [9.17, 15) is 9.59 Å². The number of nitrogen functional groups attached to an aromatic ring is 1. The summed E-state index contributed by atoms with van der Waals surface area (Å²) in [5.74, 6) is 6.52. The summed E-state index contributed by atoms with van der Waals surface area (Å²) in [6.07, 6.45) is 0. The number of methoxy groups -OCH3 is 1.